The molecule has 0 aliphatic heterocycles. The summed E-state index contributed by atoms with van der Waals surface area (Å²) in [7, 11) is 0. The van der Waals surface area contributed by atoms with Crippen LogP contribution in [0.2, 0.25) is 0 Å². The molecule has 0 saturated heterocycles. The molecule has 0 amide bonds. The molecule has 0 spiro atoms. The second-order valence-electron chi connectivity index (χ2n) is 4.42. The number of benzene rings is 1. The van der Waals surface area contributed by atoms with Crippen molar-refractivity contribution in [1.29, 1.82) is 0 Å². The van der Waals surface area contributed by atoms with Crippen LogP contribution in [0.1, 0.15) is 16.8 Å². The van der Waals surface area contributed by atoms with Crippen LogP contribution in [0, 0.1) is 12.7 Å². The summed E-state index contributed by atoms with van der Waals surface area (Å²) in [5.41, 5.74) is 2.17. The number of carboxylic acid groups (broad SMARTS) is 1. The quantitative estimate of drug-likeness (QED) is 0.858. The number of aliphatic carboxylic acids is 1. The molecular weight excluding hydrogens is 273 g/mol. The van der Waals surface area contributed by atoms with Crippen molar-refractivity contribution in [2.45, 2.75) is 13.5 Å². The van der Waals surface area contributed by atoms with Crippen molar-refractivity contribution in [2.24, 2.45) is 0 Å². The molecule has 5 heteroatoms. The van der Waals surface area contributed by atoms with E-state index in [4.69, 9.17) is 9.84 Å². The fraction of sp³-hybridized carbons (Fsp3) is 0.125. The van der Waals surface area contributed by atoms with Gasteiger partial charge in [-0.3, -0.25) is 4.98 Å². The molecule has 0 atom stereocenters. The van der Waals surface area contributed by atoms with Crippen LogP contribution in [-0.4, -0.2) is 16.1 Å². The van der Waals surface area contributed by atoms with Crippen molar-refractivity contribution in [3.05, 3.63) is 65.2 Å². The summed E-state index contributed by atoms with van der Waals surface area (Å²) in [6.45, 7) is 2.08. The molecule has 0 bridgehead atoms. The standard InChI is InChI=1S/C16H14FNO3/c1-11-3-2-8-18-14(11)10-21-15-6-4-12(9-13(15)17)5-7-16(19)20/h2-9H,10H2,1H3,(H,19,20)/b7-5+. The zero-order valence-electron chi connectivity index (χ0n) is 11.4. The molecule has 0 fully saturated rings. The van der Waals surface area contributed by atoms with Crippen LogP contribution in [-0.2, 0) is 11.4 Å². The maximum absolute atomic E-state index is 13.9. The Labute approximate surface area is 121 Å². The van der Waals surface area contributed by atoms with Gasteiger partial charge in [-0.05, 0) is 42.3 Å². The maximum Gasteiger partial charge on any atom is 0.328 e. The van der Waals surface area contributed by atoms with Crippen molar-refractivity contribution >= 4 is 12.0 Å². The van der Waals surface area contributed by atoms with Crippen LogP contribution in [0.25, 0.3) is 6.08 Å². The molecule has 0 unspecified atom stereocenters. The molecular formula is C16H14FNO3. The largest absolute Gasteiger partial charge is 0.484 e. The number of halogens is 1. The maximum atomic E-state index is 13.9. The summed E-state index contributed by atoms with van der Waals surface area (Å²) in [6, 6.07) is 8.00. The third kappa shape index (κ3) is 4.14. The lowest BCUT2D eigenvalue weighted by atomic mass is 10.2. The number of carbonyl (C=O) groups is 1. The van der Waals surface area contributed by atoms with E-state index in [1.54, 1.807) is 12.3 Å². The predicted molar refractivity (Wildman–Crippen MR) is 76.4 cm³/mol. The second-order valence-corrected chi connectivity index (χ2v) is 4.42. The molecule has 108 valence electrons. The Morgan fingerprint density at radius 1 is 1.43 bits per heavy atom. The van der Waals surface area contributed by atoms with E-state index in [-0.39, 0.29) is 12.4 Å². The van der Waals surface area contributed by atoms with Gasteiger partial charge < -0.3 is 9.84 Å². The number of rotatable bonds is 5. The highest BCUT2D eigenvalue weighted by atomic mass is 19.1. The number of pyridine rings is 1. The van der Waals surface area contributed by atoms with Gasteiger partial charge in [0.25, 0.3) is 0 Å². The van der Waals surface area contributed by atoms with Gasteiger partial charge in [-0.1, -0.05) is 12.1 Å². The number of hydrogen-bond acceptors (Lipinski definition) is 3. The Hall–Kier alpha value is -2.69. The topological polar surface area (TPSA) is 59.4 Å². The van der Waals surface area contributed by atoms with Gasteiger partial charge >= 0.3 is 5.97 Å². The zero-order chi connectivity index (χ0) is 15.2. The number of aromatic nitrogens is 1. The second kappa shape index (κ2) is 6.65. The highest BCUT2D eigenvalue weighted by molar-refractivity contribution is 5.85. The van der Waals surface area contributed by atoms with E-state index in [0.29, 0.717) is 5.56 Å². The van der Waals surface area contributed by atoms with E-state index in [1.807, 2.05) is 19.1 Å². The minimum Gasteiger partial charge on any atom is -0.484 e. The summed E-state index contributed by atoms with van der Waals surface area (Å²) in [4.78, 5) is 14.6. The molecule has 0 saturated carbocycles. The van der Waals surface area contributed by atoms with E-state index in [9.17, 15) is 9.18 Å². The van der Waals surface area contributed by atoms with Gasteiger partial charge in [-0.25, -0.2) is 9.18 Å². The van der Waals surface area contributed by atoms with E-state index >= 15 is 0 Å². The van der Waals surface area contributed by atoms with Gasteiger partial charge in [0.05, 0.1) is 5.69 Å². The molecule has 4 nitrogen and oxygen atoms in total. The first kappa shape index (κ1) is 14.7. The Bertz CT molecular complexity index is 683. The van der Waals surface area contributed by atoms with Crippen molar-refractivity contribution in [1.82, 2.24) is 4.98 Å². The van der Waals surface area contributed by atoms with Crippen molar-refractivity contribution < 1.29 is 19.0 Å². The van der Waals surface area contributed by atoms with Crippen LogP contribution in [0.15, 0.2) is 42.6 Å². The average Bonchev–Trinajstić information content (AvgIpc) is 2.45. The summed E-state index contributed by atoms with van der Waals surface area (Å²) in [5, 5.41) is 8.52. The number of hydrogen-bond donors (Lipinski definition) is 1. The lowest BCUT2D eigenvalue weighted by Gasteiger charge is -2.09. The Morgan fingerprint density at radius 3 is 2.90 bits per heavy atom. The number of carboxylic acids is 1. The molecule has 1 heterocycles. The molecule has 21 heavy (non-hydrogen) atoms. The highest BCUT2D eigenvalue weighted by Crippen LogP contribution is 2.20. The van der Waals surface area contributed by atoms with Gasteiger partial charge in [0.2, 0.25) is 0 Å². The van der Waals surface area contributed by atoms with Crippen LogP contribution in [0.3, 0.4) is 0 Å². The van der Waals surface area contributed by atoms with Crippen molar-refractivity contribution in [3.63, 3.8) is 0 Å². The van der Waals surface area contributed by atoms with Gasteiger partial charge in [0.15, 0.2) is 11.6 Å². The van der Waals surface area contributed by atoms with Gasteiger partial charge in [-0.15, -0.1) is 0 Å². The molecule has 1 N–H and O–H groups in total. The summed E-state index contributed by atoms with van der Waals surface area (Å²) in [6.07, 6.45) is 3.92. The minimum atomic E-state index is -1.08. The average molecular weight is 287 g/mol. The van der Waals surface area contributed by atoms with Crippen molar-refractivity contribution in [2.75, 3.05) is 0 Å². The summed E-state index contributed by atoms with van der Waals surface area (Å²) in [5.74, 6) is -1.52. The predicted octanol–water partition coefficient (Wildman–Crippen LogP) is 3.21. The third-order valence-electron chi connectivity index (χ3n) is 2.86. The molecule has 2 aromatic rings. The first-order valence-electron chi connectivity index (χ1n) is 6.30. The van der Waals surface area contributed by atoms with Gasteiger partial charge in [0, 0.05) is 12.3 Å². The molecule has 0 radical (unpaired) electrons. The molecule has 2 rings (SSSR count). The number of ether oxygens (including phenoxy) is 1. The van der Waals surface area contributed by atoms with Gasteiger partial charge in [0.1, 0.15) is 6.61 Å². The number of nitrogens with zero attached hydrogens (tertiary/aromatic N) is 1. The Kier molecular flexibility index (Phi) is 4.66. The summed E-state index contributed by atoms with van der Waals surface area (Å²) >= 11 is 0. The Morgan fingerprint density at radius 2 is 2.24 bits per heavy atom. The highest BCUT2D eigenvalue weighted by Gasteiger charge is 2.06. The first-order valence-corrected chi connectivity index (χ1v) is 6.30. The summed E-state index contributed by atoms with van der Waals surface area (Å²) < 4.78 is 19.3. The van der Waals surface area contributed by atoms with Gasteiger partial charge in [-0.2, -0.15) is 0 Å². The van der Waals surface area contributed by atoms with E-state index < -0.39 is 11.8 Å². The molecule has 0 aliphatic rings. The monoisotopic (exact) mass is 287 g/mol. The zero-order valence-corrected chi connectivity index (χ0v) is 11.4. The SMILES string of the molecule is Cc1cccnc1COc1ccc(/C=C/C(=O)O)cc1F. The van der Waals surface area contributed by atoms with Crippen LogP contribution < -0.4 is 4.74 Å². The number of aryl methyl sites for hydroxylation is 1. The lowest BCUT2D eigenvalue weighted by molar-refractivity contribution is -0.131. The van der Waals surface area contributed by atoms with Crippen LogP contribution >= 0.6 is 0 Å². The fourth-order valence-electron chi connectivity index (χ4n) is 1.72. The van der Waals surface area contributed by atoms with Crippen LogP contribution in [0.5, 0.6) is 5.75 Å². The third-order valence-corrected chi connectivity index (χ3v) is 2.86. The van der Waals surface area contributed by atoms with Crippen LogP contribution in [0.4, 0.5) is 4.39 Å². The lowest BCUT2D eigenvalue weighted by Crippen LogP contribution is -2.01. The normalized spacial score (nSPS) is 10.8. The fourth-order valence-corrected chi connectivity index (χ4v) is 1.72. The minimum absolute atomic E-state index is 0.104. The molecule has 1 aromatic carbocycles. The first-order chi connectivity index (χ1) is 10.1. The smallest absolute Gasteiger partial charge is 0.328 e. The molecule has 0 aliphatic carbocycles. The molecule has 1 aromatic heterocycles. The Balaban J connectivity index is 2.08. The van der Waals surface area contributed by atoms with Crippen molar-refractivity contribution in [3.8, 4) is 5.75 Å². The van der Waals surface area contributed by atoms with E-state index in [1.165, 1.54) is 18.2 Å². The van der Waals surface area contributed by atoms with E-state index in [2.05, 4.69) is 4.98 Å². The van der Waals surface area contributed by atoms with E-state index in [0.717, 1.165) is 17.3 Å².